The average molecular weight is 360 g/mol. The van der Waals surface area contributed by atoms with E-state index in [1.54, 1.807) is 0 Å². The second-order valence-electron chi connectivity index (χ2n) is 8.42. The molecule has 0 radical (unpaired) electrons. The molecule has 2 aliphatic heterocycles. The average Bonchev–Trinajstić information content (AvgIpc) is 3.30. The maximum absolute atomic E-state index is 13.2. The van der Waals surface area contributed by atoms with E-state index in [1.165, 1.54) is 0 Å². The maximum atomic E-state index is 13.2. The molecule has 2 fully saturated rings. The van der Waals surface area contributed by atoms with Gasteiger partial charge in [-0.15, -0.1) is 0 Å². The lowest BCUT2D eigenvalue weighted by Gasteiger charge is -2.33. The number of esters is 1. The molecule has 0 N–H and O–H groups in total. The Morgan fingerprint density at radius 3 is 2.85 bits per heavy atom. The fourth-order valence-corrected chi connectivity index (χ4v) is 4.61. The van der Waals surface area contributed by atoms with Crippen molar-refractivity contribution in [1.82, 2.24) is 9.88 Å². The van der Waals surface area contributed by atoms with Crippen LogP contribution in [0.5, 0.6) is 0 Å². The van der Waals surface area contributed by atoms with Crippen molar-refractivity contribution in [2.75, 3.05) is 6.54 Å². The predicted molar refractivity (Wildman–Crippen MR) is 94.2 cm³/mol. The van der Waals surface area contributed by atoms with Crippen molar-refractivity contribution in [3.05, 3.63) is 17.3 Å². The third-order valence-electron chi connectivity index (χ3n) is 6.09. The summed E-state index contributed by atoms with van der Waals surface area (Å²) in [5.74, 6) is 1.81. The molecule has 1 aliphatic carbocycles. The fraction of sp³-hybridized carbons (Fsp3) is 0.750. The number of fused-ring (bicyclic) bond motifs is 1. The van der Waals surface area contributed by atoms with Crippen LogP contribution in [0.3, 0.4) is 0 Å². The summed E-state index contributed by atoms with van der Waals surface area (Å²) < 4.78 is 11.5. The van der Waals surface area contributed by atoms with Crippen LogP contribution in [0.2, 0.25) is 0 Å². The highest BCUT2D eigenvalue weighted by Gasteiger charge is 2.55. The van der Waals surface area contributed by atoms with Gasteiger partial charge in [-0.1, -0.05) is 13.8 Å². The van der Waals surface area contributed by atoms with Gasteiger partial charge in [0, 0.05) is 19.4 Å². The van der Waals surface area contributed by atoms with Crippen LogP contribution in [0.4, 0.5) is 0 Å². The minimum absolute atomic E-state index is 0.0510. The molecule has 26 heavy (non-hydrogen) atoms. The number of carbonyl (C=O) groups excluding carboxylic acids is 2. The van der Waals surface area contributed by atoms with Crippen LogP contribution in [0, 0.1) is 11.8 Å². The number of ether oxygens (including phenoxy) is 1. The Bertz CT molecular complexity index is 703. The normalized spacial score (nSPS) is 24.3. The second-order valence-corrected chi connectivity index (χ2v) is 8.42. The molecule has 6 heteroatoms. The number of aromatic nitrogens is 1. The van der Waals surface area contributed by atoms with Crippen molar-refractivity contribution in [3.63, 3.8) is 0 Å². The van der Waals surface area contributed by atoms with Crippen molar-refractivity contribution >= 4 is 11.9 Å². The van der Waals surface area contributed by atoms with E-state index in [1.807, 2.05) is 4.90 Å². The van der Waals surface area contributed by atoms with E-state index in [0.29, 0.717) is 25.4 Å². The van der Waals surface area contributed by atoms with Gasteiger partial charge in [0.15, 0.2) is 5.89 Å². The molecule has 1 spiro atoms. The summed E-state index contributed by atoms with van der Waals surface area (Å²) in [5.41, 5.74) is 0.342. The monoisotopic (exact) mass is 360 g/mol. The van der Waals surface area contributed by atoms with Crippen LogP contribution in [0.1, 0.15) is 69.7 Å². The first-order valence-corrected chi connectivity index (χ1v) is 9.95. The minimum atomic E-state index is -0.541. The van der Waals surface area contributed by atoms with Crippen molar-refractivity contribution in [2.24, 2.45) is 11.8 Å². The van der Waals surface area contributed by atoms with Gasteiger partial charge in [0.05, 0.1) is 18.9 Å². The van der Waals surface area contributed by atoms with Crippen LogP contribution in [-0.4, -0.2) is 33.9 Å². The van der Waals surface area contributed by atoms with Gasteiger partial charge in [0.25, 0.3) is 0 Å². The highest BCUT2D eigenvalue weighted by Crippen LogP contribution is 2.46. The Morgan fingerprint density at radius 2 is 2.12 bits per heavy atom. The smallest absolute Gasteiger partial charge is 0.307 e. The molecule has 1 unspecified atom stereocenters. The van der Waals surface area contributed by atoms with E-state index in [-0.39, 0.29) is 24.2 Å². The first kappa shape index (κ1) is 17.6. The van der Waals surface area contributed by atoms with Gasteiger partial charge in [0.2, 0.25) is 5.91 Å². The molecule has 0 bridgehead atoms. The molecule has 142 valence electrons. The Labute approximate surface area is 154 Å². The van der Waals surface area contributed by atoms with Gasteiger partial charge in [-0.2, -0.15) is 0 Å². The summed E-state index contributed by atoms with van der Waals surface area (Å²) in [6, 6.07) is 0. The first-order valence-electron chi connectivity index (χ1n) is 9.95. The summed E-state index contributed by atoms with van der Waals surface area (Å²) in [6.45, 7) is 5.49. The Hall–Kier alpha value is -1.85. The van der Waals surface area contributed by atoms with Gasteiger partial charge in [-0.3, -0.25) is 9.59 Å². The van der Waals surface area contributed by atoms with Crippen molar-refractivity contribution in [1.29, 1.82) is 0 Å². The SMILES string of the molecule is CC(C)CCc1nc2c(o1)CCN(C(=O)C1CC(=O)OC13CCCC3)C2. The highest BCUT2D eigenvalue weighted by molar-refractivity contribution is 5.88. The van der Waals surface area contributed by atoms with Crippen LogP contribution >= 0.6 is 0 Å². The molecular weight excluding hydrogens is 332 g/mol. The zero-order chi connectivity index (χ0) is 18.3. The molecule has 6 nitrogen and oxygen atoms in total. The van der Waals surface area contributed by atoms with Crippen LogP contribution in [0.25, 0.3) is 0 Å². The standard InChI is InChI=1S/C20H28N2O4/c1-13(2)5-6-17-21-15-12-22(10-7-16(15)25-17)19(24)14-11-18(23)26-20(14)8-3-4-9-20/h13-14H,3-12H2,1-2H3. The number of amides is 1. The molecule has 1 saturated carbocycles. The highest BCUT2D eigenvalue weighted by atomic mass is 16.6. The van der Waals surface area contributed by atoms with E-state index in [2.05, 4.69) is 18.8 Å². The minimum Gasteiger partial charge on any atom is -0.458 e. The number of carbonyl (C=O) groups is 2. The lowest BCUT2D eigenvalue weighted by molar-refractivity contribution is -0.152. The molecule has 3 aliphatic rings. The molecule has 1 saturated heterocycles. The molecule has 3 heterocycles. The maximum Gasteiger partial charge on any atom is 0.307 e. The summed E-state index contributed by atoms with van der Waals surface area (Å²) in [7, 11) is 0. The molecule has 0 aromatic carbocycles. The van der Waals surface area contributed by atoms with Crippen molar-refractivity contribution in [3.8, 4) is 0 Å². The number of nitrogens with zero attached hydrogens (tertiary/aromatic N) is 2. The zero-order valence-electron chi connectivity index (χ0n) is 15.8. The van der Waals surface area contributed by atoms with E-state index in [0.717, 1.165) is 55.9 Å². The van der Waals surface area contributed by atoms with E-state index >= 15 is 0 Å². The molecule has 4 rings (SSSR count). The number of hydrogen-bond donors (Lipinski definition) is 0. The molecule has 1 atom stereocenters. The Balaban J connectivity index is 1.46. The van der Waals surface area contributed by atoms with Gasteiger partial charge >= 0.3 is 5.97 Å². The fourth-order valence-electron chi connectivity index (χ4n) is 4.61. The van der Waals surface area contributed by atoms with Gasteiger partial charge in [-0.05, 0) is 38.0 Å². The Morgan fingerprint density at radius 1 is 1.35 bits per heavy atom. The van der Waals surface area contributed by atoms with Gasteiger partial charge < -0.3 is 14.1 Å². The first-order chi connectivity index (χ1) is 12.5. The largest absolute Gasteiger partial charge is 0.458 e. The third-order valence-corrected chi connectivity index (χ3v) is 6.09. The van der Waals surface area contributed by atoms with E-state index in [4.69, 9.17) is 9.15 Å². The number of oxazole rings is 1. The number of aryl methyl sites for hydroxylation is 1. The van der Waals surface area contributed by atoms with Crippen LogP contribution < -0.4 is 0 Å². The van der Waals surface area contributed by atoms with Crippen molar-refractivity contribution < 1.29 is 18.7 Å². The lowest BCUT2D eigenvalue weighted by Crippen LogP contribution is -2.46. The third kappa shape index (κ3) is 3.14. The molecular formula is C20H28N2O4. The van der Waals surface area contributed by atoms with E-state index in [9.17, 15) is 9.59 Å². The quantitative estimate of drug-likeness (QED) is 0.772. The second kappa shape index (κ2) is 6.71. The molecule has 1 amide bonds. The summed E-state index contributed by atoms with van der Waals surface area (Å²) in [5, 5.41) is 0. The zero-order valence-corrected chi connectivity index (χ0v) is 15.8. The number of hydrogen-bond acceptors (Lipinski definition) is 5. The predicted octanol–water partition coefficient (Wildman–Crippen LogP) is 3.02. The van der Waals surface area contributed by atoms with Gasteiger partial charge in [0.1, 0.15) is 17.1 Å². The lowest BCUT2D eigenvalue weighted by atomic mass is 9.84. The van der Waals surface area contributed by atoms with E-state index < -0.39 is 5.60 Å². The number of rotatable bonds is 4. The summed E-state index contributed by atoms with van der Waals surface area (Å²) >= 11 is 0. The van der Waals surface area contributed by atoms with Gasteiger partial charge in [-0.25, -0.2) is 4.98 Å². The molecule has 1 aromatic rings. The van der Waals surface area contributed by atoms with Crippen LogP contribution in [0.15, 0.2) is 4.42 Å². The topological polar surface area (TPSA) is 72.6 Å². The Kier molecular flexibility index (Phi) is 4.53. The summed E-state index contributed by atoms with van der Waals surface area (Å²) in [4.78, 5) is 31.6. The summed E-state index contributed by atoms with van der Waals surface area (Å²) in [6.07, 6.45) is 6.51. The molecule has 1 aromatic heterocycles. The van der Waals surface area contributed by atoms with Crippen molar-refractivity contribution in [2.45, 2.75) is 77.4 Å². The van der Waals surface area contributed by atoms with Crippen LogP contribution in [-0.2, 0) is 33.7 Å².